The highest BCUT2D eigenvalue weighted by Crippen LogP contribution is 2.29. The van der Waals surface area contributed by atoms with Gasteiger partial charge in [-0.25, -0.2) is 0 Å². The minimum absolute atomic E-state index is 0.122. The number of nitrogens with zero attached hydrogens (tertiary/aromatic N) is 3. The monoisotopic (exact) mass is 264 g/mol. The minimum atomic E-state index is 0.122. The third kappa shape index (κ3) is 1.93. The lowest BCUT2D eigenvalue weighted by molar-refractivity contribution is 0.482. The van der Waals surface area contributed by atoms with E-state index in [2.05, 4.69) is 11.2 Å². The number of aromatic hydroxyl groups is 1. The van der Waals surface area contributed by atoms with Gasteiger partial charge in [0.15, 0.2) is 5.82 Å². The van der Waals surface area contributed by atoms with Crippen LogP contribution in [0.5, 0.6) is 5.75 Å². The van der Waals surface area contributed by atoms with Crippen LogP contribution in [-0.2, 0) is 6.54 Å². The van der Waals surface area contributed by atoms with E-state index in [-0.39, 0.29) is 5.75 Å². The van der Waals surface area contributed by atoms with E-state index in [0.29, 0.717) is 23.3 Å². The molecule has 5 nitrogen and oxygen atoms in total. The van der Waals surface area contributed by atoms with Gasteiger partial charge in [-0.1, -0.05) is 18.2 Å². The maximum absolute atomic E-state index is 9.84. The van der Waals surface area contributed by atoms with Crippen molar-refractivity contribution in [2.75, 3.05) is 5.73 Å². The molecule has 3 aromatic rings. The van der Waals surface area contributed by atoms with Crippen molar-refractivity contribution in [3.8, 4) is 11.8 Å². The van der Waals surface area contributed by atoms with Crippen molar-refractivity contribution >= 4 is 16.7 Å². The zero-order valence-electron chi connectivity index (χ0n) is 10.6. The molecule has 0 amide bonds. The number of hydrogen-bond acceptors (Lipinski definition) is 4. The van der Waals surface area contributed by atoms with Gasteiger partial charge in [0, 0.05) is 0 Å². The van der Waals surface area contributed by atoms with E-state index in [9.17, 15) is 5.11 Å². The quantitative estimate of drug-likeness (QED) is 0.743. The molecule has 5 heteroatoms. The molecule has 2 aromatic carbocycles. The summed E-state index contributed by atoms with van der Waals surface area (Å²) < 4.78 is 1.72. The molecule has 3 N–H and O–H groups in total. The van der Waals surface area contributed by atoms with Gasteiger partial charge in [0.25, 0.3) is 0 Å². The molecule has 1 heterocycles. The Kier molecular flexibility index (Phi) is 2.77. The molecule has 0 aliphatic rings. The second-order valence-electron chi connectivity index (χ2n) is 4.53. The van der Waals surface area contributed by atoms with Crippen molar-refractivity contribution in [1.82, 2.24) is 9.78 Å². The van der Waals surface area contributed by atoms with Crippen LogP contribution in [0.3, 0.4) is 0 Å². The SMILES string of the molecule is N#Cc1cccc(Cn2nc(N)c3c(O)cccc32)c1. The van der Waals surface area contributed by atoms with Gasteiger partial charge in [-0.3, -0.25) is 4.68 Å². The summed E-state index contributed by atoms with van der Waals surface area (Å²) in [5.41, 5.74) is 8.17. The maximum atomic E-state index is 9.84. The Morgan fingerprint density at radius 3 is 2.85 bits per heavy atom. The van der Waals surface area contributed by atoms with E-state index in [1.165, 1.54) is 0 Å². The lowest BCUT2D eigenvalue weighted by Gasteiger charge is -2.04. The summed E-state index contributed by atoms with van der Waals surface area (Å²) in [7, 11) is 0. The second-order valence-corrected chi connectivity index (χ2v) is 4.53. The van der Waals surface area contributed by atoms with Crippen LogP contribution in [0, 0.1) is 11.3 Å². The van der Waals surface area contributed by atoms with Crippen molar-refractivity contribution in [2.24, 2.45) is 0 Å². The molecule has 0 saturated carbocycles. The zero-order valence-corrected chi connectivity index (χ0v) is 10.6. The Hall–Kier alpha value is -3.00. The maximum Gasteiger partial charge on any atom is 0.157 e. The fourth-order valence-corrected chi connectivity index (χ4v) is 2.27. The van der Waals surface area contributed by atoms with Gasteiger partial charge in [-0.15, -0.1) is 0 Å². The molecule has 0 saturated heterocycles. The average molecular weight is 264 g/mol. The van der Waals surface area contributed by atoms with E-state index < -0.39 is 0 Å². The normalized spacial score (nSPS) is 10.6. The van der Waals surface area contributed by atoms with E-state index in [0.717, 1.165) is 11.1 Å². The van der Waals surface area contributed by atoms with Gasteiger partial charge >= 0.3 is 0 Å². The molecule has 0 aliphatic carbocycles. The van der Waals surface area contributed by atoms with Gasteiger partial charge in [0.2, 0.25) is 0 Å². The number of hydrogen-bond donors (Lipinski definition) is 2. The van der Waals surface area contributed by atoms with Crippen molar-refractivity contribution < 1.29 is 5.11 Å². The molecule has 1 aromatic heterocycles. The van der Waals surface area contributed by atoms with E-state index in [1.807, 2.05) is 24.3 Å². The molecule has 0 aliphatic heterocycles. The third-order valence-electron chi connectivity index (χ3n) is 3.17. The fourth-order valence-electron chi connectivity index (χ4n) is 2.27. The standard InChI is InChI=1S/C15H12N4O/c16-8-10-3-1-4-11(7-10)9-19-12-5-2-6-13(20)14(12)15(17)18-19/h1-7,20H,9H2,(H2,17,18). The summed E-state index contributed by atoms with van der Waals surface area (Å²) in [6.07, 6.45) is 0. The minimum Gasteiger partial charge on any atom is -0.507 e. The number of anilines is 1. The fraction of sp³-hybridized carbons (Fsp3) is 0.0667. The smallest absolute Gasteiger partial charge is 0.157 e. The van der Waals surface area contributed by atoms with Crippen molar-refractivity contribution in [3.05, 3.63) is 53.6 Å². The molecule has 98 valence electrons. The van der Waals surface area contributed by atoms with Crippen molar-refractivity contribution in [1.29, 1.82) is 5.26 Å². The Balaban J connectivity index is 2.07. The summed E-state index contributed by atoms with van der Waals surface area (Å²) in [6, 6.07) is 14.6. The first-order valence-electron chi connectivity index (χ1n) is 6.12. The van der Waals surface area contributed by atoms with Gasteiger partial charge in [-0.2, -0.15) is 10.4 Å². The van der Waals surface area contributed by atoms with E-state index >= 15 is 0 Å². The van der Waals surface area contributed by atoms with Crippen LogP contribution >= 0.6 is 0 Å². The van der Waals surface area contributed by atoms with Crippen molar-refractivity contribution in [3.63, 3.8) is 0 Å². The Morgan fingerprint density at radius 2 is 2.05 bits per heavy atom. The van der Waals surface area contributed by atoms with Gasteiger partial charge in [-0.05, 0) is 29.8 Å². The highest BCUT2D eigenvalue weighted by molar-refractivity contribution is 5.94. The molecule has 0 unspecified atom stereocenters. The number of rotatable bonds is 2. The molecule has 20 heavy (non-hydrogen) atoms. The largest absolute Gasteiger partial charge is 0.507 e. The molecule has 0 fully saturated rings. The first-order valence-corrected chi connectivity index (χ1v) is 6.12. The third-order valence-corrected chi connectivity index (χ3v) is 3.17. The number of nitrogen functional groups attached to an aromatic ring is 1. The number of phenolic OH excluding ortho intramolecular Hbond substituents is 1. The number of aromatic nitrogens is 2. The highest BCUT2D eigenvalue weighted by atomic mass is 16.3. The van der Waals surface area contributed by atoms with Crippen LogP contribution in [0.15, 0.2) is 42.5 Å². The number of benzene rings is 2. The Morgan fingerprint density at radius 1 is 1.25 bits per heavy atom. The predicted molar refractivity (Wildman–Crippen MR) is 76.1 cm³/mol. The molecule has 3 rings (SSSR count). The summed E-state index contributed by atoms with van der Waals surface area (Å²) in [6.45, 7) is 0.493. The molecule has 0 radical (unpaired) electrons. The summed E-state index contributed by atoms with van der Waals surface area (Å²) >= 11 is 0. The van der Waals surface area contributed by atoms with Crippen LogP contribution in [-0.4, -0.2) is 14.9 Å². The highest BCUT2D eigenvalue weighted by Gasteiger charge is 2.11. The molecular formula is C15H12N4O. The number of fused-ring (bicyclic) bond motifs is 1. The lowest BCUT2D eigenvalue weighted by atomic mass is 10.1. The van der Waals surface area contributed by atoms with Gasteiger partial charge < -0.3 is 10.8 Å². The number of nitriles is 1. The molecular weight excluding hydrogens is 252 g/mol. The predicted octanol–water partition coefficient (Wildman–Crippen LogP) is 2.24. The van der Waals surface area contributed by atoms with Crippen LogP contribution < -0.4 is 5.73 Å². The molecule has 0 atom stereocenters. The molecule has 0 bridgehead atoms. The lowest BCUT2D eigenvalue weighted by Crippen LogP contribution is -2.02. The number of phenols is 1. The average Bonchev–Trinajstić information content (AvgIpc) is 2.77. The Labute approximate surface area is 115 Å². The topological polar surface area (TPSA) is 87.9 Å². The first-order chi connectivity index (χ1) is 9.69. The van der Waals surface area contributed by atoms with Crippen LogP contribution in [0.25, 0.3) is 10.9 Å². The van der Waals surface area contributed by atoms with E-state index in [1.54, 1.807) is 22.9 Å². The second kappa shape index (κ2) is 4.59. The zero-order chi connectivity index (χ0) is 14.1. The first kappa shape index (κ1) is 12.1. The molecule has 0 spiro atoms. The number of nitrogens with two attached hydrogens (primary N) is 1. The van der Waals surface area contributed by atoms with Crippen LogP contribution in [0.2, 0.25) is 0 Å². The van der Waals surface area contributed by atoms with Crippen LogP contribution in [0.4, 0.5) is 5.82 Å². The summed E-state index contributed by atoms with van der Waals surface area (Å²) in [5.74, 6) is 0.423. The summed E-state index contributed by atoms with van der Waals surface area (Å²) in [4.78, 5) is 0. The van der Waals surface area contributed by atoms with E-state index in [4.69, 9.17) is 11.0 Å². The summed E-state index contributed by atoms with van der Waals surface area (Å²) in [5, 5.41) is 23.6. The van der Waals surface area contributed by atoms with Crippen LogP contribution in [0.1, 0.15) is 11.1 Å². The Bertz CT molecular complexity index is 829. The van der Waals surface area contributed by atoms with Gasteiger partial charge in [0.1, 0.15) is 5.75 Å². The van der Waals surface area contributed by atoms with Crippen molar-refractivity contribution in [2.45, 2.75) is 6.54 Å². The van der Waals surface area contributed by atoms with Gasteiger partial charge in [0.05, 0.1) is 29.1 Å².